The van der Waals surface area contributed by atoms with E-state index in [-0.39, 0.29) is 5.78 Å². The van der Waals surface area contributed by atoms with E-state index in [2.05, 4.69) is 0 Å². The molecule has 0 atom stereocenters. The van der Waals surface area contributed by atoms with Crippen LogP contribution in [0.5, 0.6) is 0 Å². The summed E-state index contributed by atoms with van der Waals surface area (Å²) in [4.78, 5) is 14.1. The number of hydrogen-bond acceptors (Lipinski definition) is 3. The van der Waals surface area contributed by atoms with Crippen molar-refractivity contribution < 1.29 is 4.79 Å². The lowest BCUT2D eigenvalue weighted by atomic mass is 10.0. The van der Waals surface area contributed by atoms with Crippen LogP contribution >= 0.6 is 11.3 Å². The molecule has 0 aliphatic rings. The number of aryl methyl sites for hydroxylation is 1. The van der Waals surface area contributed by atoms with Gasteiger partial charge in [0.1, 0.15) is 0 Å². The van der Waals surface area contributed by atoms with Crippen molar-refractivity contribution in [3.05, 3.63) is 51.2 Å². The van der Waals surface area contributed by atoms with Crippen molar-refractivity contribution in [3.63, 3.8) is 0 Å². The predicted octanol–water partition coefficient (Wildman–Crippen LogP) is 3.18. The molecule has 1 aromatic carbocycles. The van der Waals surface area contributed by atoms with Gasteiger partial charge in [-0.2, -0.15) is 0 Å². The second-order valence-electron chi connectivity index (χ2n) is 3.76. The van der Waals surface area contributed by atoms with Gasteiger partial charge >= 0.3 is 0 Å². The van der Waals surface area contributed by atoms with Crippen LogP contribution < -0.4 is 5.73 Å². The Morgan fingerprint density at radius 3 is 2.56 bits per heavy atom. The normalized spacial score (nSPS) is 10.4. The molecule has 2 nitrogen and oxygen atoms in total. The maximum Gasteiger partial charge on any atom is 0.203 e. The number of benzene rings is 1. The van der Waals surface area contributed by atoms with E-state index in [4.69, 9.17) is 5.73 Å². The fraction of sp³-hybridized carbons (Fsp3) is 0.154. The zero-order valence-corrected chi connectivity index (χ0v) is 10.1. The molecule has 0 radical (unpaired) electrons. The first-order chi connectivity index (χ1) is 7.59. The lowest BCUT2D eigenvalue weighted by Crippen LogP contribution is -2.03. The standard InChI is InChI=1S/C13H13NOS/c1-8-6-7-12(16-8)13(15)10-4-3-5-11(14)9(10)2/h3-7H,14H2,1-2H3. The third kappa shape index (κ3) is 1.86. The summed E-state index contributed by atoms with van der Waals surface area (Å²) < 4.78 is 0. The molecular weight excluding hydrogens is 218 g/mol. The van der Waals surface area contributed by atoms with Gasteiger partial charge in [0.2, 0.25) is 5.78 Å². The third-order valence-corrected chi connectivity index (χ3v) is 3.58. The van der Waals surface area contributed by atoms with Gasteiger partial charge in [-0.3, -0.25) is 4.79 Å². The molecule has 2 N–H and O–H groups in total. The highest BCUT2D eigenvalue weighted by atomic mass is 32.1. The summed E-state index contributed by atoms with van der Waals surface area (Å²) in [5, 5.41) is 0. The second kappa shape index (κ2) is 4.10. The van der Waals surface area contributed by atoms with Crippen LogP contribution in [0.3, 0.4) is 0 Å². The molecule has 0 aliphatic heterocycles. The van der Waals surface area contributed by atoms with Crippen molar-refractivity contribution >= 4 is 22.8 Å². The molecule has 82 valence electrons. The Balaban J connectivity index is 2.45. The largest absolute Gasteiger partial charge is 0.398 e. The fourth-order valence-electron chi connectivity index (χ4n) is 1.59. The molecule has 2 rings (SSSR count). The van der Waals surface area contributed by atoms with Crippen molar-refractivity contribution in [2.75, 3.05) is 5.73 Å². The van der Waals surface area contributed by atoms with Gasteiger partial charge < -0.3 is 5.73 Å². The maximum atomic E-state index is 12.2. The number of nitrogens with two attached hydrogens (primary N) is 1. The molecule has 0 amide bonds. The minimum Gasteiger partial charge on any atom is -0.398 e. The molecule has 0 bridgehead atoms. The van der Waals surface area contributed by atoms with E-state index in [9.17, 15) is 4.79 Å². The number of carbonyl (C=O) groups excluding carboxylic acids is 1. The zero-order valence-electron chi connectivity index (χ0n) is 9.28. The summed E-state index contributed by atoms with van der Waals surface area (Å²) in [6.07, 6.45) is 0. The van der Waals surface area contributed by atoms with Crippen LogP contribution in [0.4, 0.5) is 5.69 Å². The summed E-state index contributed by atoms with van der Waals surface area (Å²) >= 11 is 1.51. The molecule has 0 fully saturated rings. The Labute approximate surface area is 98.7 Å². The molecule has 0 aliphatic carbocycles. The minimum atomic E-state index is 0.0582. The van der Waals surface area contributed by atoms with E-state index in [0.717, 1.165) is 15.3 Å². The molecule has 1 aromatic heterocycles. The molecule has 3 heteroatoms. The Kier molecular flexibility index (Phi) is 2.79. The first kappa shape index (κ1) is 10.9. The van der Waals surface area contributed by atoms with Crippen molar-refractivity contribution in [2.45, 2.75) is 13.8 Å². The Bertz CT molecular complexity index is 543. The van der Waals surface area contributed by atoms with E-state index in [1.807, 2.05) is 44.2 Å². The quantitative estimate of drug-likeness (QED) is 0.637. The van der Waals surface area contributed by atoms with Crippen LogP contribution in [-0.2, 0) is 0 Å². The third-order valence-electron chi connectivity index (χ3n) is 2.58. The van der Waals surface area contributed by atoms with Gasteiger partial charge in [-0.15, -0.1) is 11.3 Å². The van der Waals surface area contributed by atoms with Gasteiger partial charge in [0.15, 0.2) is 0 Å². The van der Waals surface area contributed by atoms with E-state index in [0.29, 0.717) is 11.3 Å². The predicted molar refractivity (Wildman–Crippen MR) is 68.1 cm³/mol. The molecule has 0 saturated heterocycles. The van der Waals surface area contributed by atoms with Crippen LogP contribution in [0, 0.1) is 13.8 Å². The number of anilines is 1. The average Bonchev–Trinajstić information content (AvgIpc) is 2.68. The van der Waals surface area contributed by atoms with Crippen LogP contribution in [-0.4, -0.2) is 5.78 Å². The summed E-state index contributed by atoms with van der Waals surface area (Å²) in [5.74, 6) is 0.0582. The average molecular weight is 231 g/mol. The SMILES string of the molecule is Cc1ccc(C(=O)c2cccc(N)c2C)s1. The number of carbonyl (C=O) groups is 1. The molecule has 2 aromatic rings. The Morgan fingerprint density at radius 2 is 1.94 bits per heavy atom. The number of nitrogen functional groups attached to an aromatic ring is 1. The lowest BCUT2D eigenvalue weighted by molar-refractivity contribution is 0.104. The number of ketones is 1. The summed E-state index contributed by atoms with van der Waals surface area (Å²) in [7, 11) is 0. The van der Waals surface area contributed by atoms with Crippen LogP contribution in [0.15, 0.2) is 30.3 Å². The van der Waals surface area contributed by atoms with E-state index in [1.54, 1.807) is 0 Å². The number of thiophene rings is 1. The maximum absolute atomic E-state index is 12.2. The molecule has 1 heterocycles. The Morgan fingerprint density at radius 1 is 1.19 bits per heavy atom. The Hall–Kier alpha value is -1.61. The fourth-order valence-corrected chi connectivity index (χ4v) is 2.41. The molecular formula is C13H13NOS. The summed E-state index contributed by atoms with van der Waals surface area (Å²) in [6.45, 7) is 3.87. The molecule has 0 saturated carbocycles. The number of hydrogen-bond donors (Lipinski definition) is 1. The molecule has 0 spiro atoms. The topological polar surface area (TPSA) is 43.1 Å². The highest BCUT2D eigenvalue weighted by molar-refractivity contribution is 7.14. The second-order valence-corrected chi connectivity index (χ2v) is 5.05. The van der Waals surface area contributed by atoms with Gasteiger partial charge in [-0.25, -0.2) is 0 Å². The zero-order chi connectivity index (χ0) is 11.7. The van der Waals surface area contributed by atoms with E-state index >= 15 is 0 Å². The highest BCUT2D eigenvalue weighted by Gasteiger charge is 2.14. The van der Waals surface area contributed by atoms with Gasteiger partial charge in [-0.1, -0.05) is 12.1 Å². The van der Waals surface area contributed by atoms with Crippen LogP contribution in [0.2, 0.25) is 0 Å². The summed E-state index contributed by atoms with van der Waals surface area (Å²) in [6, 6.07) is 9.27. The van der Waals surface area contributed by atoms with Crippen LogP contribution in [0.1, 0.15) is 25.7 Å². The van der Waals surface area contributed by atoms with Crippen molar-refractivity contribution in [3.8, 4) is 0 Å². The van der Waals surface area contributed by atoms with Crippen LogP contribution in [0.25, 0.3) is 0 Å². The smallest absolute Gasteiger partial charge is 0.203 e. The first-order valence-corrected chi connectivity index (χ1v) is 5.87. The first-order valence-electron chi connectivity index (χ1n) is 5.06. The summed E-state index contributed by atoms with van der Waals surface area (Å²) in [5.41, 5.74) is 8.01. The lowest BCUT2D eigenvalue weighted by Gasteiger charge is -2.05. The monoisotopic (exact) mass is 231 g/mol. The highest BCUT2D eigenvalue weighted by Crippen LogP contribution is 2.23. The number of rotatable bonds is 2. The van der Waals surface area contributed by atoms with Crippen molar-refractivity contribution in [2.24, 2.45) is 0 Å². The van der Waals surface area contributed by atoms with E-state index < -0.39 is 0 Å². The van der Waals surface area contributed by atoms with Crippen molar-refractivity contribution in [1.82, 2.24) is 0 Å². The minimum absolute atomic E-state index is 0.0582. The van der Waals surface area contributed by atoms with E-state index in [1.165, 1.54) is 11.3 Å². The molecule has 0 unspecified atom stereocenters. The van der Waals surface area contributed by atoms with Crippen molar-refractivity contribution in [1.29, 1.82) is 0 Å². The van der Waals surface area contributed by atoms with Gasteiger partial charge in [0.25, 0.3) is 0 Å². The van der Waals surface area contributed by atoms with Gasteiger partial charge in [0.05, 0.1) is 4.88 Å². The van der Waals surface area contributed by atoms with Gasteiger partial charge in [0, 0.05) is 16.1 Å². The van der Waals surface area contributed by atoms with Gasteiger partial charge in [-0.05, 0) is 37.6 Å². The molecule has 16 heavy (non-hydrogen) atoms.